The van der Waals surface area contributed by atoms with Crippen molar-refractivity contribution in [3.05, 3.63) is 71.8 Å². The van der Waals surface area contributed by atoms with Crippen molar-refractivity contribution in [2.45, 2.75) is 19.6 Å². The van der Waals surface area contributed by atoms with Crippen LogP contribution in [0.5, 0.6) is 0 Å². The molecular formula is C17H16O4. The Balaban J connectivity index is 1.84. The van der Waals surface area contributed by atoms with Gasteiger partial charge in [0, 0.05) is 0 Å². The van der Waals surface area contributed by atoms with Gasteiger partial charge in [-0.2, -0.15) is 0 Å². The lowest BCUT2D eigenvalue weighted by Crippen LogP contribution is -2.26. The van der Waals surface area contributed by atoms with E-state index in [1.807, 2.05) is 30.3 Å². The highest BCUT2D eigenvalue weighted by atomic mass is 16.6. The average molecular weight is 284 g/mol. The van der Waals surface area contributed by atoms with E-state index in [9.17, 15) is 9.59 Å². The Morgan fingerprint density at radius 2 is 1.52 bits per heavy atom. The maximum Gasteiger partial charge on any atom is 0.347 e. The summed E-state index contributed by atoms with van der Waals surface area (Å²) < 4.78 is 10.2. The molecule has 2 rings (SSSR count). The SMILES string of the molecule is CC(OC(=O)c1ccccc1)C(=O)OCc1ccccc1. The van der Waals surface area contributed by atoms with Gasteiger partial charge in [0.2, 0.25) is 0 Å². The van der Waals surface area contributed by atoms with Crippen LogP contribution in [0.25, 0.3) is 0 Å². The number of carbonyl (C=O) groups is 2. The molecule has 0 aliphatic heterocycles. The Labute approximate surface area is 123 Å². The number of rotatable bonds is 5. The Kier molecular flexibility index (Phi) is 5.10. The smallest absolute Gasteiger partial charge is 0.347 e. The summed E-state index contributed by atoms with van der Waals surface area (Å²) in [4.78, 5) is 23.6. The van der Waals surface area contributed by atoms with E-state index in [2.05, 4.69) is 0 Å². The fraction of sp³-hybridized carbons (Fsp3) is 0.176. The fourth-order valence-corrected chi connectivity index (χ4v) is 1.70. The molecule has 0 amide bonds. The van der Waals surface area contributed by atoms with E-state index < -0.39 is 18.0 Å². The van der Waals surface area contributed by atoms with Crippen LogP contribution in [0.2, 0.25) is 0 Å². The Morgan fingerprint density at radius 1 is 0.952 bits per heavy atom. The third-order valence-electron chi connectivity index (χ3n) is 2.85. The number of benzene rings is 2. The van der Waals surface area contributed by atoms with Crippen molar-refractivity contribution < 1.29 is 19.1 Å². The van der Waals surface area contributed by atoms with Gasteiger partial charge >= 0.3 is 11.9 Å². The molecule has 1 unspecified atom stereocenters. The first-order valence-electron chi connectivity index (χ1n) is 6.63. The summed E-state index contributed by atoms with van der Waals surface area (Å²) in [5.41, 5.74) is 1.28. The molecule has 4 nitrogen and oxygen atoms in total. The highest BCUT2D eigenvalue weighted by Crippen LogP contribution is 2.07. The van der Waals surface area contributed by atoms with Gasteiger partial charge in [-0.15, -0.1) is 0 Å². The van der Waals surface area contributed by atoms with Crippen LogP contribution in [-0.4, -0.2) is 18.0 Å². The van der Waals surface area contributed by atoms with Crippen LogP contribution in [-0.2, 0) is 20.9 Å². The summed E-state index contributed by atoms with van der Waals surface area (Å²) in [5, 5.41) is 0. The van der Waals surface area contributed by atoms with Crippen molar-refractivity contribution in [1.29, 1.82) is 0 Å². The van der Waals surface area contributed by atoms with Crippen LogP contribution < -0.4 is 0 Å². The van der Waals surface area contributed by atoms with E-state index in [0.717, 1.165) is 5.56 Å². The van der Waals surface area contributed by atoms with Crippen LogP contribution in [0, 0.1) is 0 Å². The van der Waals surface area contributed by atoms with Gasteiger partial charge in [0.1, 0.15) is 6.61 Å². The van der Waals surface area contributed by atoms with E-state index in [1.165, 1.54) is 6.92 Å². The molecule has 2 aromatic rings. The predicted molar refractivity (Wildman–Crippen MR) is 77.6 cm³/mol. The normalized spacial score (nSPS) is 11.5. The second-order valence-electron chi connectivity index (χ2n) is 4.51. The monoisotopic (exact) mass is 284 g/mol. The summed E-state index contributed by atoms with van der Waals surface area (Å²) in [5.74, 6) is -1.11. The highest BCUT2D eigenvalue weighted by Gasteiger charge is 2.20. The minimum Gasteiger partial charge on any atom is -0.458 e. The van der Waals surface area contributed by atoms with Crippen LogP contribution >= 0.6 is 0 Å². The molecule has 108 valence electrons. The lowest BCUT2D eigenvalue weighted by atomic mass is 10.2. The zero-order valence-electron chi connectivity index (χ0n) is 11.7. The van der Waals surface area contributed by atoms with Gasteiger partial charge < -0.3 is 9.47 Å². The molecule has 0 aliphatic rings. The van der Waals surface area contributed by atoms with E-state index >= 15 is 0 Å². The topological polar surface area (TPSA) is 52.6 Å². The van der Waals surface area contributed by atoms with E-state index in [4.69, 9.17) is 9.47 Å². The van der Waals surface area contributed by atoms with Gasteiger partial charge in [-0.1, -0.05) is 48.5 Å². The molecule has 0 aromatic heterocycles. The third-order valence-corrected chi connectivity index (χ3v) is 2.85. The predicted octanol–water partition coefficient (Wildman–Crippen LogP) is 2.98. The minimum absolute atomic E-state index is 0.160. The number of esters is 2. The second kappa shape index (κ2) is 7.24. The highest BCUT2D eigenvalue weighted by molar-refractivity contribution is 5.91. The maximum absolute atomic E-state index is 11.8. The second-order valence-corrected chi connectivity index (χ2v) is 4.51. The maximum atomic E-state index is 11.8. The zero-order chi connectivity index (χ0) is 15.1. The van der Waals surface area contributed by atoms with Gasteiger partial charge in [-0.3, -0.25) is 0 Å². The molecule has 0 N–H and O–H groups in total. The van der Waals surface area contributed by atoms with Crippen molar-refractivity contribution >= 4 is 11.9 Å². The molecule has 2 aromatic carbocycles. The fourth-order valence-electron chi connectivity index (χ4n) is 1.70. The van der Waals surface area contributed by atoms with Crippen LogP contribution in [0.3, 0.4) is 0 Å². The number of carbonyl (C=O) groups excluding carboxylic acids is 2. The summed E-state index contributed by atoms with van der Waals surface area (Å²) >= 11 is 0. The van der Waals surface area contributed by atoms with Crippen LogP contribution in [0.1, 0.15) is 22.8 Å². The van der Waals surface area contributed by atoms with Crippen molar-refractivity contribution in [3.8, 4) is 0 Å². The summed E-state index contributed by atoms with van der Waals surface area (Å²) in [6, 6.07) is 17.8. The first-order chi connectivity index (χ1) is 10.2. The molecule has 0 radical (unpaired) electrons. The quantitative estimate of drug-likeness (QED) is 0.792. The van der Waals surface area contributed by atoms with Crippen molar-refractivity contribution in [2.75, 3.05) is 0 Å². The van der Waals surface area contributed by atoms with Gasteiger partial charge in [0.15, 0.2) is 6.10 Å². The van der Waals surface area contributed by atoms with Crippen molar-refractivity contribution in [2.24, 2.45) is 0 Å². The summed E-state index contributed by atoms with van der Waals surface area (Å²) in [6.07, 6.45) is -0.943. The van der Waals surface area contributed by atoms with Crippen molar-refractivity contribution in [1.82, 2.24) is 0 Å². The Hall–Kier alpha value is -2.62. The number of ether oxygens (including phenoxy) is 2. The molecule has 4 heteroatoms. The minimum atomic E-state index is -0.943. The van der Waals surface area contributed by atoms with Gasteiger partial charge in [-0.05, 0) is 24.6 Å². The largest absolute Gasteiger partial charge is 0.458 e. The summed E-state index contributed by atoms with van der Waals surface area (Å²) in [6.45, 7) is 1.65. The molecule has 0 saturated heterocycles. The number of hydrogen-bond acceptors (Lipinski definition) is 4. The van der Waals surface area contributed by atoms with E-state index in [-0.39, 0.29) is 6.61 Å². The van der Waals surface area contributed by atoms with Gasteiger partial charge in [0.05, 0.1) is 5.56 Å². The molecule has 0 aliphatic carbocycles. The lowest BCUT2D eigenvalue weighted by molar-refractivity contribution is -0.154. The molecule has 0 fully saturated rings. The van der Waals surface area contributed by atoms with Crippen molar-refractivity contribution in [3.63, 3.8) is 0 Å². The first kappa shape index (κ1) is 14.8. The average Bonchev–Trinajstić information content (AvgIpc) is 2.54. The molecule has 0 bridgehead atoms. The number of hydrogen-bond donors (Lipinski definition) is 0. The van der Waals surface area contributed by atoms with Crippen LogP contribution in [0.15, 0.2) is 60.7 Å². The third kappa shape index (κ3) is 4.45. The standard InChI is InChI=1S/C17H16O4/c1-13(21-17(19)15-10-6-3-7-11-15)16(18)20-12-14-8-4-2-5-9-14/h2-11,13H,12H2,1H3. The molecule has 21 heavy (non-hydrogen) atoms. The van der Waals surface area contributed by atoms with Crippen LogP contribution in [0.4, 0.5) is 0 Å². The van der Waals surface area contributed by atoms with E-state index in [0.29, 0.717) is 5.56 Å². The molecular weight excluding hydrogens is 268 g/mol. The first-order valence-corrected chi connectivity index (χ1v) is 6.63. The van der Waals surface area contributed by atoms with Gasteiger partial charge in [0.25, 0.3) is 0 Å². The lowest BCUT2D eigenvalue weighted by Gasteiger charge is -2.12. The zero-order valence-corrected chi connectivity index (χ0v) is 11.7. The molecule has 0 heterocycles. The molecule has 0 spiro atoms. The Morgan fingerprint density at radius 3 is 2.14 bits per heavy atom. The Bertz CT molecular complexity index is 593. The van der Waals surface area contributed by atoms with Gasteiger partial charge in [-0.25, -0.2) is 9.59 Å². The van der Waals surface area contributed by atoms with E-state index in [1.54, 1.807) is 30.3 Å². The molecule has 1 atom stereocenters. The summed E-state index contributed by atoms with van der Waals surface area (Å²) in [7, 11) is 0. The molecule has 0 saturated carbocycles.